The molecule has 0 radical (unpaired) electrons. The van der Waals surface area contributed by atoms with E-state index < -0.39 is 0 Å². The molecular weight excluding hydrogens is 280 g/mol. The van der Waals surface area contributed by atoms with E-state index in [0.717, 1.165) is 17.1 Å². The van der Waals surface area contributed by atoms with Gasteiger partial charge in [-0.25, -0.2) is 0 Å². The summed E-state index contributed by atoms with van der Waals surface area (Å²) in [4.78, 5) is 2.28. The van der Waals surface area contributed by atoms with Crippen LogP contribution >= 0.6 is 11.6 Å². The van der Waals surface area contributed by atoms with Crippen LogP contribution in [0.4, 0.5) is 0 Å². The quantitative estimate of drug-likeness (QED) is 0.898. The van der Waals surface area contributed by atoms with Gasteiger partial charge in [-0.1, -0.05) is 53.6 Å². The summed E-state index contributed by atoms with van der Waals surface area (Å²) in [6, 6.07) is 16.7. The van der Waals surface area contributed by atoms with Crippen molar-refractivity contribution in [3.63, 3.8) is 0 Å². The van der Waals surface area contributed by atoms with Gasteiger partial charge in [0.2, 0.25) is 0 Å². The van der Waals surface area contributed by atoms with E-state index in [1.807, 2.05) is 25.1 Å². The Kier molecular flexibility index (Phi) is 5.40. The first-order valence-electron chi connectivity index (χ1n) is 7.24. The summed E-state index contributed by atoms with van der Waals surface area (Å²) in [5.41, 5.74) is 9.95. The van der Waals surface area contributed by atoms with Gasteiger partial charge in [0.15, 0.2) is 0 Å². The largest absolute Gasteiger partial charge is 0.326 e. The number of benzene rings is 2. The lowest BCUT2D eigenvalue weighted by Crippen LogP contribution is -2.37. The Balaban J connectivity index is 2.22. The molecule has 0 saturated carbocycles. The number of likely N-dealkylation sites (N-methyl/N-ethyl adjacent to an activating group) is 1. The first-order chi connectivity index (χ1) is 9.97. The van der Waals surface area contributed by atoms with E-state index >= 15 is 0 Å². The second kappa shape index (κ2) is 7.08. The van der Waals surface area contributed by atoms with E-state index in [9.17, 15) is 0 Å². The highest BCUT2D eigenvalue weighted by molar-refractivity contribution is 6.30. The summed E-state index contributed by atoms with van der Waals surface area (Å²) in [6.07, 6.45) is 0. The van der Waals surface area contributed by atoms with Gasteiger partial charge in [0.25, 0.3) is 0 Å². The fraction of sp³-hybridized carbons (Fsp3) is 0.333. The van der Waals surface area contributed by atoms with E-state index in [-0.39, 0.29) is 12.1 Å². The maximum Gasteiger partial charge on any atom is 0.0497 e. The third-order valence-electron chi connectivity index (χ3n) is 3.68. The number of hydrogen-bond donors (Lipinski definition) is 1. The molecule has 0 amide bonds. The minimum absolute atomic E-state index is 0.0262. The van der Waals surface area contributed by atoms with Crippen LogP contribution in [0.1, 0.15) is 29.7 Å². The van der Waals surface area contributed by atoms with Crippen molar-refractivity contribution in [2.75, 3.05) is 7.05 Å². The Hall–Kier alpha value is -1.35. The highest BCUT2D eigenvalue weighted by Gasteiger charge is 2.21. The molecule has 2 aromatic rings. The summed E-state index contributed by atoms with van der Waals surface area (Å²) < 4.78 is 0. The van der Waals surface area contributed by atoms with E-state index in [1.165, 1.54) is 11.1 Å². The molecule has 0 aliphatic heterocycles. The Morgan fingerprint density at radius 2 is 1.86 bits per heavy atom. The van der Waals surface area contributed by atoms with Crippen LogP contribution in [0.2, 0.25) is 5.02 Å². The van der Waals surface area contributed by atoms with Crippen molar-refractivity contribution >= 4 is 11.6 Å². The summed E-state index contributed by atoms with van der Waals surface area (Å²) in [5.74, 6) is 0. The Morgan fingerprint density at radius 1 is 1.14 bits per heavy atom. The van der Waals surface area contributed by atoms with Crippen molar-refractivity contribution in [2.24, 2.45) is 5.73 Å². The molecule has 112 valence electrons. The monoisotopic (exact) mass is 302 g/mol. The summed E-state index contributed by atoms with van der Waals surface area (Å²) in [7, 11) is 2.11. The average molecular weight is 303 g/mol. The van der Waals surface area contributed by atoms with Crippen LogP contribution in [0.5, 0.6) is 0 Å². The Morgan fingerprint density at radius 3 is 2.48 bits per heavy atom. The molecule has 2 nitrogen and oxygen atoms in total. The highest BCUT2D eigenvalue weighted by Crippen LogP contribution is 2.26. The normalized spacial score (nSPS) is 14.2. The predicted molar refractivity (Wildman–Crippen MR) is 90.5 cm³/mol. The maximum atomic E-state index is 6.22. The standard InChI is InChI=1S/C18H23ClN2/c1-13-6-4-7-15(10-13)12-21(3)18(14(2)20)16-8-5-9-17(19)11-16/h4-11,14,18H,12,20H2,1-3H3. The molecular formula is C18H23ClN2. The minimum atomic E-state index is 0.0262. The third-order valence-corrected chi connectivity index (χ3v) is 3.91. The maximum absolute atomic E-state index is 6.22. The lowest BCUT2D eigenvalue weighted by molar-refractivity contribution is 0.211. The molecule has 0 aliphatic rings. The molecule has 2 rings (SSSR count). The SMILES string of the molecule is Cc1cccc(CN(C)C(c2cccc(Cl)c2)C(C)N)c1. The number of nitrogens with two attached hydrogens (primary N) is 1. The van der Waals surface area contributed by atoms with Crippen LogP contribution in [-0.4, -0.2) is 18.0 Å². The summed E-state index contributed by atoms with van der Waals surface area (Å²) in [6.45, 7) is 5.02. The molecule has 0 aliphatic carbocycles. The molecule has 0 fully saturated rings. The van der Waals surface area contributed by atoms with E-state index in [0.29, 0.717) is 0 Å². The van der Waals surface area contributed by atoms with Crippen LogP contribution < -0.4 is 5.73 Å². The molecule has 0 saturated heterocycles. The molecule has 0 bridgehead atoms. The molecule has 0 heterocycles. The van der Waals surface area contributed by atoms with Gasteiger partial charge in [-0.2, -0.15) is 0 Å². The number of nitrogens with zero attached hydrogens (tertiary/aromatic N) is 1. The second-order valence-corrected chi connectivity index (χ2v) is 6.20. The topological polar surface area (TPSA) is 29.3 Å². The van der Waals surface area contributed by atoms with Crippen LogP contribution in [-0.2, 0) is 6.54 Å². The molecule has 2 N–H and O–H groups in total. The van der Waals surface area contributed by atoms with Crippen LogP contribution in [0, 0.1) is 6.92 Å². The number of rotatable bonds is 5. The lowest BCUT2D eigenvalue weighted by Gasteiger charge is -2.31. The number of aryl methyl sites for hydroxylation is 1. The van der Waals surface area contributed by atoms with E-state index in [1.54, 1.807) is 0 Å². The lowest BCUT2D eigenvalue weighted by atomic mass is 9.99. The van der Waals surface area contributed by atoms with Gasteiger partial charge in [0.05, 0.1) is 0 Å². The van der Waals surface area contributed by atoms with Crippen molar-refractivity contribution in [2.45, 2.75) is 32.5 Å². The molecule has 3 heteroatoms. The zero-order chi connectivity index (χ0) is 15.4. The number of hydrogen-bond acceptors (Lipinski definition) is 2. The van der Waals surface area contributed by atoms with Gasteiger partial charge in [0, 0.05) is 23.7 Å². The van der Waals surface area contributed by atoms with Crippen molar-refractivity contribution in [1.82, 2.24) is 4.90 Å². The van der Waals surface area contributed by atoms with Gasteiger partial charge in [-0.15, -0.1) is 0 Å². The molecule has 2 aromatic carbocycles. The van der Waals surface area contributed by atoms with Gasteiger partial charge in [-0.05, 0) is 44.2 Å². The summed E-state index contributed by atoms with van der Waals surface area (Å²) >= 11 is 6.12. The van der Waals surface area contributed by atoms with Gasteiger partial charge in [0.1, 0.15) is 0 Å². The van der Waals surface area contributed by atoms with Gasteiger partial charge < -0.3 is 5.73 Å². The average Bonchev–Trinajstić information content (AvgIpc) is 2.38. The van der Waals surface area contributed by atoms with Crippen molar-refractivity contribution in [3.05, 3.63) is 70.2 Å². The van der Waals surface area contributed by atoms with Crippen molar-refractivity contribution in [1.29, 1.82) is 0 Å². The summed E-state index contributed by atoms with van der Waals surface area (Å²) in [5, 5.41) is 0.752. The molecule has 21 heavy (non-hydrogen) atoms. The number of halogens is 1. The first-order valence-corrected chi connectivity index (χ1v) is 7.62. The zero-order valence-electron chi connectivity index (χ0n) is 12.9. The fourth-order valence-electron chi connectivity index (χ4n) is 2.85. The zero-order valence-corrected chi connectivity index (χ0v) is 13.6. The smallest absolute Gasteiger partial charge is 0.0497 e. The van der Waals surface area contributed by atoms with Gasteiger partial charge >= 0.3 is 0 Å². The van der Waals surface area contributed by atoms with Crippen LogP contribution in [0.15, 0.2) is 48.5 Å². The first kappa shape index (κ1) is 16.0. The van der Waals surface area contributed by atoms with Crippen LogP contribution in [0.25, 0.3) is 0 Å². The van der Waals surface area contributed by atoms with E-state index in [4.69, 9.17) is 17.3 Å². The Bertz CT molecular complexity index is 595. The highest BCUT2D eigenvalue weighted by atomic mass is 35.5. The molecule has 0 spiro atoms. The molecule has 2 unspecified atom stereocenters. The van der Waals surface area contributed by atoms with Gasteiger partial charge in [-0.3, -0.25) is 4.90 Å². The van der Waals surface area contributed by atoms with E-state index in [2.05, 4.69) is 49.2 Å². The van der Waals surface area contributed by atoms with Crippen LogP contribution in [0.3, 0.4) is 0 Å². The third kappa shape index (κ3) is 4.31. The predicted octanol–water partition coefficient (Wildman–Crippen LogP) is 4.17. The van der Waals surface area contributed by atoms with Crippen molar-refractivity contribution in [3.8, 4) is 0 Å². The minimum Gasteiger partial charge on any atom is -0.326 e. The fourth-order valence-corrected chi connectivity index (χ4v) is 3.05. The second-order valence-electron chi connectivity index (χ2n) is 5.76. The molecule has 2 atom stereocenters. The Labute approximate surface area is 132 Å². The van der Waals surface area contributed by atoms with Crippen molar-refractivity contribution < 1.29 is 0 Å². The molecule has 0 aromatic heterocycles.